The van der Waals surface area contributed by atoms with Crippen molar-refractivity contribution < 1.29 is 27.8 Å². The van der Waals surface area contributed by atoms with E-state index in [0.717, 1.165) is 6.07 Å². The summed E-state index contributed by atoms with van der Waals surface area (Å²) in [5.41, 5.74) is -0.591. The van der Waals surface area contributed by atoms with Gasteiger partial charge in [-0.05, 0) is 38.5 Å². The van der Waals surface area contributed by atoms with Gasteiger partial charge in [-0.1, -0.05) is 12.1 Å². The van der Waals surface area contributed by atoms with Gasteiger partial charge in [0.25, 0.3) is 0 Å². The van der Waals surface area contributed by atoms with Crippen LogP contribution in [0.2, 0.25) is 0 Å². The van der Waals surface area contributed by atoms with E-state index >= 15 is 0 Å². The molecule has 0 fully saturated rings. The first kappa shape index (κ1) is 15.8. The summed E-state index contributed by atoms with van der Waals surface area (Å²) < 4.78 is 45.5. The average Bonchev–Trinajstić information content (AvgIpc) is 2.26. The Morgan fingerprint density at radius 3 is 2.42 bits per heavy atom. The molecule has 0 aromatic heterocycles. The molecule has 1 aromatic rings. The normalized spacial score (nSPS) is 14.3. The molecule has 0 saturated carbocycles. The van der Waals surface area contributed by atoms with Gasteiger partial charge in [0.05, 0.1) is 5.60 Å². The van der Waals surface area contributed by atoms with Crippen molar-refractivity contribution in [2.24, 2.45) is 0 Å². The summed E-state index contributed by atoms with van der Waals surface area (Å²) in [5.74, 6) is -0.364. The van der Waals surface area contributed by atoms with Crippen LogP contribution >= 0.6 is 0 Å². The minimum Gasteiger partial charge on any atom is -0.406 e. The van der Waals surface area contributed by atoms with Gasteiger partial charge in [-0.3, -0.25) is 0 Å². The Morgan fingerprint density at radius 1 is 1.26 bits per heavy atom. The molecule has 108 valence electrons. The fourth-order valence-electron chi connectivity index (χ4n) is 1.73. The number of halogens is 3. The molecule has 1 atom stereocenters. The Morgan fingerprint density at radius 2 is 1.89 bits per heavy atom. The number of alkyl halides is 3. The highest BCUT2D eigenvalue weighted by Gasteiger charge is 2.33. The zero-order chi connectivity index (χ0) is 14.7. The molecule has 3 nitrogen and oxygen atoms in total. The van der Waals surface area contributed by atoms with E-state index in [1.165, 1.54) is 18.2 Å². The van der Waals surface area contributed by atoms with Gasteiger partial charge in [-0.25, -0.2) is 0 Å². The average molecular weight is 278 g/mol. The zero-order valence-corrected chi connectivity index (χ0v) is 11.0. The number of aliphatic hydroxyl groups excluding tert-OH is 1. The Bertz CT molecular complexity index is 416. The van der Waals surface area contributed by atoms with Crippen LogP contribution in [0.5, 0.6) is 5.75 Å². The van der Waals surface area contributed by atoms with Crippen LogP contribution < -0.4 is 4.74 Å². The van der Waals surface area contributed by atoms with E-state index in [2.05, 4.69) is 4.74 Å². The Kier molecular flexibility index (Phi) is 4.81. The van der Waals surface area contributed by atoms with Crippen LogP contribution in [0.15, 0.2) is 24.3 Å². The van der Waals surface area contributed by atoms with E-state index in [0.29, 0.717) is 12.2 Å². The number of aliphatic hydroxyl groups is 1. The van der Waals surface area contributed by atoms with Gasteiger partial charge < -0.3 is 14.6 Å². The van der Waals surface area contributed by atoms with E-state index in [1.54, 1.807) is 20.8 Å². The first-order valence-corrected chi connectivity index (χ1v) is 5.83. The minimum absolute atomic E-state index is 0.306. The maximum atomic E-state index is 12.1. The van der Waals surface area contributed by atoms with Crippen molar-refractivity contribution >= 4 is 0 Å². The lowest BCUT2D eigenvalue weighted by atomic mass is 9.94. The van der Waals surface area contributed by atoms with Crippen LogP contribution in [0, 0.1) is 0 Å². The standard InChI is InChI=1S/C13H17F3O3/c1-4-18-12(2,3)11(17)9-6-5-7-10(8-9)19-13(14,15)16/h5-8,11,17H,4H2,1-3H3. The van der Waals surface area contributed by atoms with Gasteiger partial charge in [0.2, 0.25) is 0 Å². The summed E-state index contributed by atoms with van der Waals surface area (Å²) in [6.45, 7) is 5.50. The van der Waals surface area contributed by atoms with E-state index in [4.69, 9.17) is 4.74 Å². The van der Waals surface area contributed by atoms with E-state index in [1.807, 2.05) is 0 Å². The molecule has 1 unspecified atom stereocenters. The van der Waals surface area contributed by atoms with Crippen LogP contribution in [-0.4, -0.2) is 23.7 Å². The molecule has 0 amide bonds. The highest BCUT2D eigenvalue weighted by Crippen LogP contribution is 2.32. The van der Waals surface area contributed by atoms with Gasteiger partial charge in [0.1, 0.15) is 11.9 Å². The lowest BCUT2D eigenvalue weighted by Gasteiger charge is -2.30. The molecule has 1 N–H and O–H groups in total. The number of benzene rings is 1. The molecule has 0 radical (unpaired) electrons. The van der Waals surface area contributed by atoms with Crippen molar-refractivity contribution in [1.82, 2.24) is 0 Å². The van der Waals surface area contributed by atoms with Gasteiger partial charge >= 0.3 is 6.36 Å². The molecule has 1 rings (SSSR count). The number of rotatable bonds is 5. The maximum absolute atomic E-state index is 12.1. The fraction of sp³-hybridized carbons (Fsp3) is 0.538. The molecule has 0 aliphatic heterocycles. The number of ether oxygens (including phenoxy) is 2. The predicted octanol–water partition coefficient (Wildman–Crippen LogP) is 3.43. The van der Waals surface area contributed by atoms with Crippen LogP contribution in [0.3, 0.4) is 0 Å². The lowest BCUT2D eigenvalue weighted by Crippen LogP contribution is -2.32. The zero-order valence-electron chi connectivity index (χ0n) is 11.0. The monoisotopic (exact) mass is 278 g/mol. The van der Waals surface area contributed by atoms with E-state index in [9.17, 15) is 18.3 Å². The first-order chi connectivity index (χ1) is 8.65. The lowest BCUT2D eigenvalue weighted by molar-refractivity contribution is -0.274. The summed E-state index contributed by atoms with van der Waals surface area (Å²) >= 11 is 0. The van der Waals surface area contributed by atoms with Gasteiger partial charge in [-0.2, -0.15) is 0 Å². The SMILES string of the molecule is CCOC(C)(C)C(O)c1cccc(OC(F)(F)F)c1. The van der Waals surface area contributed by atoms with Gasteiger partial charge in [0.15, 0.2) is 0 Å². The van der Waals surface area contributed by atoms with Crippen LogP contribution in [0.4, 0.5) is 13.2 Å². The van der Waals surface area contributed by atoms with Gasteiger partial charge in [-0.15, -0.1) is 13.2 Å². The number of hydrogen-bond donors (Lipinski definition) is 1. The second-order valence-corrected chi connectivity index (χ2v) is 4.56. The summed E-state index contributed by atoms with van der Waals surface area (Å²) in [7, 11) is 0. The highest BCUT2D eigenvalue weighted by molar-refractivity contribution is 5.31. The van der Waals surface area contributed by atoms with E-state index < -0.39 is 18.1 Å². The van der Waals surface area contributed by atoms with Crippen molar-refractivity contribution in [3.05, 3.63) is 29.8 Å². The maximum Gasteiger partial charge on any atom is 0.573 e. The third kappa shape index (κ3) is 4.72. The van der Waals surface area contributed by atoms with E-state index in [-0.39, 0.29) is 5.75 Å². The topological polar surface area (TPSA) is 38.7 Å². The smallest absolute Gasteiger partial charge is 0.406 e. The van der Waals surface area contributed by atoms with Crippen molar-refractivity contribution in [3.8, 4) is 5.75 Å². The van der Waals surface area contributed by atoms with Crippen molar-refractivity contribution in [3.63, 3.8) is 0 Å². The third-order valence-corrected chi connectivity index (χ3v) is 2.58. The molecule has 0 aliphatic carbocycles. The van der Waals surface area contributed by atoms with Crippen molar-refractivity contribution in [2.75, 3.05) is 6.61 Å². The van der Waals surface area contributed by atoms with Crippen molar-refractivity contribution in [1.29, 1.82) is 0 Å². The molecular weight excluding hydrogens is 261 g/mol. The van der Waals surface area contributed by atoms with Crippen LogP contribution in [0.25, 0.3) is 0 Å². The molecule has 0 spiro atoms. The third-order valence-electron chi connectivity index (χ3n) is 2.58. The molecular formula is C13H17F3O3. The van der Waals surface area contributed by atoms with Crippen LogP contribution in [-0.2, 0) is 4.74 Å². The summed E-state index contributed by atoms with van der Waals surface area (Å²) in [4.78, 5) is 0. The molecule has 0 aliphatic rings. The first-order valence-electron chi connectivity index (χ1n) is 5.83. The molecule has 0 heterocycles. The summed E-state index contributed by atoms with van der Waals surface area (Å²) in [6.07, 6.45) is -5.80. The quantitative estimate of drug-likeness (QED) is 0.896. The summed E-state index contributed by atoms with van der Waals surface area (Å²) in [6, 6.07) is 5.24. The van der Waals surface area contributed by atoms with Crippen LogP contribution in [0.1, 0.15) is 32.4 Å². The molecule has 0 bridgehead atoms. The fourth-order valence-corrected chi connectivity index (χ4v) is 1.73. The Balaban J connectivity index is 2.93. The van der Waals surface area contributed by atoms with Crippen molar-refractivity contribution in [2.45, 2.75) is 38.8 Å². The molecule has 1 aromatic carbocycles. The second-order valence-electron chi connectivity index (χ2n) is 4.56. The highest BCUT2D eigenvalue weighted by atomic mass is 19.4. The Hall–Kier alpha value is -1.27. The van der Waals surface area contributed by atoms with Gasteiger partial charge in [0, 0.05) is 6.61 Å². The number of hydrogen-bond acceptors (Lipinski definition) is 3. The molecule has 19 heavy (non-hydrogen) atoms. The molecule has 6 heteroatoms. The minimum atomic E-state index is -4.75. The summed E-state index contributed by atoms with van der Waals surface area (Å²) in [5, 5.41) is 10.1. The predicted molar refractivity (Wildman–Crippen MR) is 63.8 cm³/mol. The molecule has 0 saturated heterocycles. The Labute approximate surface area is 110 Å². The second kappa shape index (κ2) is 5.79. The largest absolute Gasteiger partial charge is 0.573 e.